The fraction of sp³-hybridized carbons (Fsp3) is 0.200. The molecule has 0 aliphatic heterocycles. The molecule has 8 heteroatoms. The number of aliphatic hydroxyl groups excluding tert-OH is 1. The number of hydrogen-bond acceptors (Lipinski definition) is 5. The van der Waals surface area contributed by atoms with E-state index in [0.29, 0.717) is 36.0 Å². The van der Waals surface area contributed by atoms with E-state index in [0.717, 1.165) is 11.1 Å². The van der Waals surface area contributed by atoms with Crippen molar-refractivity contribution in [2.24, 2.45) is 0 Å². The summed E-state index contributed by atoms with van der Waals surface area (Å²) in [5.74, 6) is -0.604. The minimum atomic E-state index is -1.16. The number of aliphatic hydroxyl groups is 1. The molecule has 172 valence electrons. The van der Waals surface area contributed by atoms with Gasteiger partial charge < -0.3 is 25.6 Å². The Labute approximate surface area is 197 Å². The van der Waals surface area contributed by atoms with Crippen molar-refractivity contribution >= 4 is 29.2 Å². The van der Waals surface area contributed by atoms with Crippen molar-refractivity contribution in [1.29, 1.82) is 0 Å². The molecule has 0 radical (unpaired) electrons. The quantitative estimate of drug-likeness (QED) is 0.322. The average molecular weight is 469 g/mol. The molecule has 1 amide bonds. The van der Waals surface area contributed by atoms with Gasteiger partial charge >= 0.3 is 5.97 Å². The van der Waals surface area contributed by atoms with Crippen LogP contribution in [0.2, 0.25) is 5.02 Å². The largest absolute Gasteiger partial charge is 0.478 e. The van der Waals surface area contributed by atoms with Crippen molar-refractivity contribution in [3.63, 3.8) is 0 Å². The van der Waals surface area contributed by atoms with Crippen LogP contribution in [0.3, 0.4) is 0 Å². The summed E-state index contributed by atoms with van der Waals surface area (Å²) in [4.78, 5) is 22.8. The lowest BCUT2D eigenvalue weighted by Crippen LogP contribution is -2.23. The van der Waals surface area contributed by atoms with Gasteiger partial charge in [0.15, 0.2) is 0 Å². The van der Waals surface area contributed by atoms with Crippen LogP contribution >= 0.6 is 11.6 Å². The summed E-state index contributed by atoms with van der Waals surface area (Å²) in [7, 11) is 0. The Kier molecular flexibility index (Phi) is 8.43. The molecule has 3 aromatic rings. The van der Waals surface area contributed by atoms with Gasteiger partial charge in [0.05, 0.1) is 17.4 Å². The van der Waals surface area contributed by atoms with Crippen LogP contribution in [0.25, 0.3) is 0 Å². The summed E-state index contributed by atoms with van der Waals surface area (Å²) < 4.78 is 5.83. The smallest absolute Gasteiger partial charge is 0.337 e. The number of carboxylic acid groups (broad SMARTS) is 1. The summed E-state index contributed by atoms with van der Waals surface area (Å²) >= 11 is 5.97. The van der Waals surface area contributed by atoms with E-state index in [1.807, 2.05) is 24.3 Å². The highest BCUT2D eigenvalue weighted by molar-refractivity contribution is 6.30. The Morgan fingerprint density at radius 1 is 1.03 bits per heavy atom. The van der Waals surface area contributed by atoms with Crippen molar-refractivity contribution < 1.29 is 24.5 Å². The van der Waals surface area contributed by atoms with Gasteiger partial charge in [-0.25, -0.2) is 4.79 Å². The minimum Gasteiger partial charge on any atom is -0.478 e. The third-order valence-electron chi connectivity index (χ3n) is 4.83. The fourth-order valence-corrected chi connectivity index (χ4v) is 3.46. The van der Waals surface area contributed by atoms with Crippen molar-refractivity contribution in [3.8, 4) is 11.5 Å². The van der Waals surface area contributed by atoms with E-state index in [9.17, 15) is 19.8 Å². The van der Waals surface area contributed by atoms with Crippen LogP contribution < -0.4 is 15.4 Å². The first kappa shape index (κ1) is 24.3. The highest BCUT2D eigenvalue weighted by Crippen LogP contribution is 2.27. The van der Waals surface area contributed by atoms with Crippen LogP contribution in [-0.4, -0.2) is 35.2 Å². The number of carbonyl (C=O) groups excluding carboxylic acids is 1. The topological polar surface area (TPSA) is 108 Å². The lowest BCUT2D eigenvalue weighted by Gasteiger charge is -2.13. The first-order chi connectivity index (χ1) is 15.8. The molecule has 0 saturated carbocycles. The van der Waals surface area contributed by atoms with E-state index in [1.54, 1.807) is 30.3 Å². The number of carboxylic acids is 1. The molecular weight excluding hydrogens is 444 g/mol. The van der Waals surface area contributed by atoms with Gasteiger partial charge in [-0.3, -0.25) is 4.79 Å². The Hall–Kier alpha value is -3.39. The molecule has 0 unspecified atom stereocenters. The maximum atomic E-state index is 11.5. The molecule has 0 aliphatic rings. The van der Waals surface area contributed by atoms with Crippen molar-refractivity contribution in [2.45, 2.75) is 19.4 Å². The molecule has 0 aliphatic carbocycles. The second-order valence-electron chi connectivity index (χ2n) is 7.47. The first-order valence-electron chi connectivity index (χ1n) is 10.4. The van der Waals surface area contributed by atoms with Gasteiger partial charge in [-0.1, -0.05) is 35.9 Å². The molecule has 3 aromatic carbocycles. The number of rotatable bonds is 10. The highest BCUT2D eigenvalue weighted by atomic mass is 35.5. The van der Waals surface area contributed by atoms with E-state index in [2.05, 4.69) is 10.6 Å². The summed E-state index contributed by atoms with van der Waals surface area (Å²) in [5, 5.41) is 26.0. The maximum Gasteiger partial charge on any atom is 0.337 e. The molecule has 0 saturated heterocycles. The maximum absolute atomic E-state index is 11.5. The van der Waals surface area contributed by atoms with Gasteiger partial charge in [-0.2, -0.15) is 0 Å². The van der Waals surface area contributed by atoms with E-state index < -0.39 is 12.1 Å². The van der Waals surface area contributed by atoms with Crippen LogP contribution in [0, 0.1) is 0 Å². The molecule has 0 fully saturated rings. The number of ether oxygens (including phenoxy) is 1. The fourth-order valence-electron chi connectivity index (χ4n) is 3.27. The summed E-state index contributed by atoms with van der Waals surface area (Å²) in [5.41, 5.74) is 1.93. The Bertz CT molecular complexity index is 1140. The third kappa shape index (κ3) is 7.32. The van der Waals surface area contributed by atoms with Crippen molar-refractivity contribution in [1.82, 2.24) is 5.32 Å². The third-order valence-corrected chi connectivity index (χ3v) is 5.06. The van der Waals surface area contributed by atoms with Gasteiger partial charge in [0.2, 0.25) is 5.91 Å². The number of carbonyl (C=O) groups is 2. The molecule has 0 aromatic heterocycles. The predicted octanol–water partition coefficient (Wildman–Crippen LogP) is 4.65. The Balaban J connectivity index is 1.57. The Morgan fingerprint density at radius 3 is 2.52 bits per heavy atom. The van der Waals surface area contributed by atoms with Crippen molar-refractivity contribution in [2.75, 3.05) is 18.4 Å². The van der Waals surface area contributed by atoms with Crippen LogP contribution in [0.4, 0.5) is 5.69 Å². The van der Waals surface area contributed by atoms with Gasteiger partial charge in [0.1, 0.15) is 11.5 Å². The molecule has 33 heavy (non-hydrogen) atoms. The van der Waals surface area contributed by atoms with E-state index in [1.165, 1.54) is 19.1 Å². The molecule has 4 N–H and O–H groups in total. The van der Waals surface area contributed by atoms with Crippen LogP contribution in [-0.2, 0) is 11.2 Å². The molecular formula is C25H25ClN2O5. The standard InChI is InChI=1S/C25H25ClN2O5/c1-16(29)28-23-9-8-21(14-22(23)25(31)32)33-20-7-2-4-17(12-20)10-11-27-15-24(30)18-5-3-6-19(26)13-18/h2-9,12-14,24,27,30H,10-11,15H2,1H3,(H,28,29)(H,31,32)/t24-/m0/s1. The Morgan fingerprint density at radius 2 is 1.79 bits per heavy atom. The first-order valence-corrected chi connectivity index (χ1v) is 10.8. The van der Waals surface area contributed by atoms with E-state index in [-0.39, 0.29) is 17.2 Å². The second kappa shape index (κ2) is 11.5. The van der Waals surface area contributed by atoms with Crippen LogP contribution in [0.15, 0.2) is 66.7 Å². The SMILES string of the molecule is CC(=O)Nc1ccc(Oc2cccc(CCNC[C@H](O)c3cccc(Cl)c3)c2)cc1C(=O)O. The summed E-state index contributed by atoms with van der Waals surface area (Å²) in [6, 6.07) is 19.1. The number of halogens is 1. The number of amides is 1. The zero-order valence-corrected chi connectivity index (χ0v) is 18.8. The summed E-state index contributed by atoms with van der Waals surface area (Å²) in [6.45, 7) is 2.36. The van der Waals surface area contributed by atoms with Gasteiger partial charge in [0.25, 0.3) is 0 Å². The highest BCUT2D eigenvalue weighted by Gasteiger charge is 2.13. The molecule has 1 atom stereocenters. The van der Waals surface area contributed by atoms with Gasteiger partial charge in [-0.05, 0) is 66.6 Å². The minimum absolute atomic E-state index is 0.0543. The van der Waals surface area contributed by atoms with Crippen LogP contribution in [0.1, 0.15) is 34.5 Å². The van der Waals surface area contributed by atoms with Crippen molar-refractivity contribution in [3.05, 3.63) is 88.4 Å². The number of aromatic carboxylic acids is 1. The second-order valence-corrected chi connectivity index (χ2v) is 7.90. The monoisotopic (exact) mass is 468 g/mol. The van der Waals surface area contributed by atoms with E-state index >= 15 is 0 Å². The molecule has 0 spiro atoms. The molecule has 0 bridgehead atoms. The molecule has 7 nitrogen and oxygen atoms in total. The van der Waals surface area contributed by atoms with Crippen LogP contribution in [0.5, 0.6) is 11.5 Å². The summed E-state index contributed by atoms with van der Waals surface area (Å²) in [6.07, 6.45) is 0.0590. The zero-order chi connectivity index (χ0) is 23.8. The predicted molar refractivity (Wildman–Crippen MR) is 127 cm³/mol. The number of anilines is 1. The normalized spacial score (nSPS) is 11.6. The van der Waals surface area contributed by atoms with Gasteiger partial charge in [-0.15, -0.1) is 0 Å². The number of nitrogens with one attached hydrogen (secondary N) is 2. The zero-order valence-electron chi connectivity index (χ0n) is 18.0. The lowest BCUT2D eigenvalue weighted by atomic mass is 10.1. The number of benzene rings is 3. The lowest BCUT2D eigenvalue weighted by molar-refractivity contribution is -0.114. The molecule has 0 heterocycles. The number of hydrogen-bond donors (Lipinski definition) is 4. The molecule has 3 rings (SSSR count). The van der Waals surface area contributed by atoms with Gasteiger partial charge in [0, 0.05) is 18.5 Å². The average Bonchev–Trinajstić information content (AvgIpc) is 2.77. The van der Waals surface area contributed by atoms with E-state index in [4.69, 9.17) is 16.3 Å².